The molecule has 4 rings (SSSR count). The number of anilines is 2. The van der Waals surface area contributed by atoms with Gasteiger partial charge < -0.3 is 10.2 Å². The quantitative estimate of drug-likeness (QED) is 0.716. The number of nitrogens with zero attached hydrogens (tertiary/aromatic N) is 4. The van der Waals surface area contributed by atoms with Crippen LogP contribution in [0.5, 0.6) is 0 Å². The molecular formula is C21H23N5OS. The van der Waals surface area contributed by atoms with E-state index in [4.69, 9.17) is 0 Å². The lowest BCUT2D eigenvalue weighted by atomic mass is 9.97. The number of carbonyl (C=O) groups excluding carboxylic acids is 1. The summed E-state index contributed by atoms with van der Waals surface area (Å²) in [5.74, 6) is 0.791. The molecule has 1 N–H and O–H groups in total. The van der Waals surface area contributed by atoms with Crippen LogP contribution in [0.25, 0.3) is 0 Å². The van der Waals surface area contributed by atoms with Crippen molar-refractivity contribution in [1.82, 2.24) is 15.0 Å². The third-order valence-corrected chi connectivity index (χ3v) is 5.99. The normalized spacial score (nSPS) is 16.8. The zero-order valence-corrected chi connectivity index (χ0v) is 16.7. The van der Waals surface area contributed by atoms with Gasteiger partial charge in [-0.15, -0.1) is 11.3 Å². The Bertz CT molecular complexity index is 943. The molecule has 144 valence electrons. The fraction of sp³-hybridized carbons (Fsp3) is 0.333. The van der Waals surface area contributed by atoms with E-state index >= 15 is 0 Å². The van der Waals surface area contributed by atoms with Gasteiger partial charge in [-0.1, -0.05) is 24.3 Å². The van der Waals surface area contributed by atoms with Crippen molar-refractivity contribution in [2.75, 3.05) is 23.3 Å². The maximum absolute atomic E-state index is 12.8. The molecule has 0 bridgehead atoms. The van der Waals surface area contributed by atoms with Crippen LogP contribution < -0.4 is 10.2 Å². The van der Waals surface area contributed by atoms with Crippen LogP contribution in [0.4, 0.5) is 10.9 Å². The molecule has 0 radical (unpaired) electrons. The second kappa shape index (κ2) is 8.48. The Balaban J connectivity index is 1.37. The Hall–Kier alpha value is -2.80. The van der Waals surface area contributed by atoms with E-state index in [1.807, 2.05) is 12.3 Å². The SMILES string of the molecule is Cc1ccccc1Cc1cnc(NC(=O)C2CCCN(c3cnccn3)C2)s1. The summed E-state index contributed by atoms with van der Waals surface area (Å²) in [6.45, 7) is 3.68. The number of aryl methyl sites for hydroxylation is 1. The fourth-order valence-electron chi connectivity index (χ4n) is 3.50. The molecule has 1 aliphatic rings. The highest BCUT2D eigenvalue weighted by atomic mass is 32.1. The molecule has 2 aromatic heterocycles. The average Bonchev–Trinajstić information content (AvgIpc) is 3.17. The third-order valence-electron chi connectivity index (χ3n) is 5.08. The molecule has 0 aliphatic carbocycles. The minimum absolute atomic E-state index is 0.0328. The van der Waals surface area contributed by atoms with Crippen molar-refractivity contribution in [2.24, 2.45) is 5.92 Å². The maximum atomic E-state index is 12.8. The zero-order chi connectivity index (χ0) is 19.3. The summed E-state index contributed by atoms with van der Waals surface area (Å²) in [4.78, 5) is 28.9. The fourth-order valence-corrected chi connectivity index (χ4v) is 4.34. The molecule has 1 saturated heterocycles. The molecule has 0 spiro atoms. The summed E-state index contributed by atoms with van der Waals surface area (Å²) in [5.41, 5.74) is 2.56. The summed E-state index contributed by atoms with van der Waals surface area (Å²) in [7, 11) is 0. The van der Waals surface area contributed by atoms with Crippen LogP contribution in [0.2, 0.25) is 0 Å². The minimum Gasteiger partial charge on any atom is -0.355 e. The number of thiazole rings is 1. The first-order valence-electron chi connectivity index (χ1n) is 9.50. The lowest BCUT2D eigenvalue weighted by Crippen LogP contribution is -2.41. The van der Waals surface area contributed by atoms with Crippen molar-refractivity contribution < 1.29 is 4.79 Å². The van der Waals surface area contributed by atoms with Gasteiger partial charge in [0.2, 0.25) is 5.91 Å². The van der Waals surface area contributed by atoms with Crippen LogP contribution in [0.3, 0.4) is 0 Å². The van der Waals surface area contributed by atoms with E-state index < -0.39 is 0 Å². The lowest BCUT2D eigenvalue weighted by Gasteiger charge is -2.32. The van der Waals surface area contributed by atoms with Gasteiger partial charge in [-0.3, -0.25) is 9.78 Å². The molecule has 1 fully saturated rings. The summed E-state index contributed by atoms with van der Waals surface area (Å²) in [6.07, 6.45) is 9.64. The van der Waals surface area contributed by atoms with Crippen LogP contribution in [-0.4, -0.2) is 33.9 Å². The highest BCUT2D eigenvalue weighted by molar-refractivity contribution is 7.15. The molecule has 1 atom stereocenters. The van der Waals surface area contributed by atoms with Crippen molar-refractivity contribution in [3.05, 3.63) is 65.1 Å². The molecule has 7 heteroatoms. The summed E-state index contributed by atoms with van der Waals surface area (Å²) < 4.78 is 0. The molecule has 1 amide bonds. The topological polar surface area (TPSA) is 71.0 Å². The number of carbonyl (C=O) groups is 1. The van der Waals surface area contributed by atoms with E-state index in [1.54, 1.807) is 29.9 Å². The van der Waals surface area contributed by atoms with E-state index in [2.05, 4.69) is 50.3 Å². The van der Waals surface area contributed by atoms with Crippen molar-refractivity contribution in [3.63, 3.8) is 0 Å². The van der Waals surface area contributed by atoms with Gasteiger partial charge in [0, 0.05) is 43.0 Å². The second-order valence-corrected chi connectivity index (χ2v) is 8.19. The van der Waals surface area contributed by atoms with Crippen LogP contribution in [0.15, 0.2) is 49.1 Å². The van der Waals surface area contributed by atoms with E-state index in [0.29, 0.717) is 11.7 Å². The van der Waals surface area contributed by atoms with Gasteiger partial charge >= 0.3 is 0 Å². The molecule has 6 nitrogen and oxygen atoms in total. The summed E-state index contributed by atoms with van der Waals surface area (Å²) >= 11 is 1.55. The predicted octanol–water partition coefficient (Wildman–Crippen LogP) is 3.69. The molecule has 1 aliphatic heterocycles. The number of benzene rings is 1. The van der Waals surface area contributed by atoms with Gasteiger partial charge in [-0.25, -0.2) is 9.97 Å². The number of rotatable bonds is 5. The predicted molar refractivity (Wildman–Crippen MR) is 112 cm³/mol. The highest BCUT2D eigenvalue weighted by Crippen LogP contribution is 2.25. The maximum Gasteiger partial charge on any atom is 0.231 e. The van der Waals surface area contributed by atoms with Gasteiger partial charge in [0.25, 0.3) is 0 Å². The zero-order valence-electron chi connectivity index (χ0n) is 15.8. The Labute approximate surface area is 168 Å². The number of amides is 1. The van der Waals surface area contributed by atoms with Crippen LogP contribution >= 0.6 is 11.3 Å². The van der Waals surface area contributed by atoms with Gasteiger partial charge in [0.1, 0.15) is 5.82 Å². The molecule has 3 heterocycles. The molecule has 1 unspecified atom stereocenters. The average molecular weight is 394 g/mol. The molecular weight excluding hydrogens is 370 g/mol. The Morgan fingerprint density at radius 3 is 2.96 bits per heavy atom. The van der Waals surface area contributed by atoms with Gasteiger partial charge in [-0.2, -0.15) is 0 Å². The van der Waals surface area contributed by atoms with Crippen LogP contribution in [0.1, 0.15) is 28.8 Å². The molecule has 0 saturated carbocycles. The molecule has 1 aromatic carbocycles. The standard InChI is InChI=1S/C21H23N5OS/c1-15-5-2-3-6-16(15)11-18-12-24-21(28-18)25-20(27)17-7-4-10-26(14-17)19-13-22-8-9-23-19/h2-3,5-6,8-9,12-13,17H,4,7,10-11,14H2,1H3,(H,24,25,27). The highest BCUT2D eigenvalue weighted by Gasteiger charge is 2.27. The van der Waals surface area contributed by atoms with Gasteiger partial charge in [0.05, 0.1) is 12.1 Å². The third kappa shape index (κ3) is 4.36. The largest absolute Gasteiger partial charge is 0.355 e. The number of nitrogens with one attached hydrogen (secondary N) is 1. The lowest BCUT2D eigenvalue weighted by molar-refractivity contribution is -0.120. The van der Waals surface area contributed by atoms with E-state index in [1.165, 1.54) is 11.1 Å². The first-order chi connectivity index (χ1) is 13.7. The van der Waals surface area contributed by atoms with E-state index in [9.17, 15) is 4.79 Å². The van der Waals surface area contributed by atoms with Crippen molar-refractivity contribution in [2.45, 2.75) is 26.2 Å². The summed E-state index contributed by atoms with van der Waals surface area (Å²) in [6, 6.07) is 8.35. The number of piperidine rings is 1. The van der Waals surface area contributed by atoms with Gasteiger partial charge in [-0.05, 0) is 30.9 Å². The second-order valence-electron chi connectivity index (χ2n) is 7.07. The number of hydrogen-bond donors (Lipinski definition) is 1. The summed E-state index contributed by atoms with van der Waals surface area (Å²) in [5, 5.41) is 3.68. The van der Waals surface area contributed by atoms with Crippen molar-refractivity contribution in [1.29, 1.82) is 0 Å². The van der Waals surface area contributed by atoms with Crippen molar-refractivity contribution >= 4 is 28.2 Å². The number of hydrogen-bond acceptors (Lipinski definition) is 6. The van der Waals surface area contributed by atoms with Crippen LogP contribution in [0, 0.1) is 12.8 Å². The van der Waals surface area contributed by atoms with E-state index in [0.717, 1.165) is 36.5 Å². The first-order valence-corrected chi connectivity index (χ1v) is 10.3. The van der Waals surface area contributed by atoms with Crippen LogP contribution in [-0.2, 0) is 11.2 Å². The van der Waals surface area contributed by atoms with Gasteiger partial charge in [0.15, 0.2) is 5.13 Å². The number of aromatic nitrogens is 3. The Morgan fingerprint density at radius 2 is 2.14 bits per heavy atom. The first kappa shape index (κ1) is 18.6. The Morgan fingerprint density at radius 1 is 1.25 bits per heavy atom. The Kier molecular flexibility index (Phi) is 5.62. The van der Waals surface area contributed by atoms with Crippen molar-refractivity contribution in [3.8, 4) is 0 Å². The molecule has 28 heavy (non-hydrogen) atoms. The minimum atomic E-state index is -0.0699. The smallest absolute Gasteiger partial charge is 0.231 e. The monoisotopic (exact) mass is 393 g/mol. The van der Waals surface area contributed by atoms with E-state index in [-0.39, 0.29) is 11.8 Å². The molecule has 3 aromatic rings.